The van der Waals surface area contributed by atoms with Gasteiger partial charge in [-0.3, -0.25) is 28.0 Å². The van der Waals surface area contributed by atoms with E-state index >= 15 is 0 Å². The summed E-state index contributed by atoms with van der Waals surface area (Å²) >= 11 is 0. The normalized spacial score (nSPS) is 12.7. The van der Waals surface area contributed by atoms with E-state index < -0.39 is 73.6 Å². The molecule has 0 radical (unpaired) electrons. The van der Waals surface area contributed by atoms with Gasteiger partial charge in [0.25, 0.3) is 35.9 Å². The number of anilines is 2. The number of carbonyl (C=O) groups is 2. The van der Waals surface area contributed by atoms with E-state index in [0.717, 1.165) is 18.2 Å². The Morgan fingerprint density at radius 3 is 1.98 bits per heavy atom. The first-order chi connectivity index (χ1) is 25.9. The Bertz CT molecular complexity index is 3050. The summed E-state index contributed by atoms with van der Waals surface area (Å²) < 4.78 is 110. The van der Waals surface area contributed by atoms with E-state index in [4.69, 9.17) is 4.74 Å². The molecule has 0 aliphatic heterocycles. The lowest BCUT2D eigenvalue weighted by atomic mass is 9.80. The van der Waals surface area contributed by atoms with E-state index in [1.165, 1.54) is 48.5 Å². The molecular formula is C37H26N2O13S3. The zero-order valence-electron chi connectivity index (χ0n) is 28.1. The minimum absolute atomic E-state index is 0.0284. The fourth-order valence-corrected chi connectivity index (χ4v) is 8.34. The molecule has 0 atom stereocenters. The molecule has 6 aromatic rings. The second-order valence-corrected chi connectivity index (χ2v) is 16.5. The van der Waals surface area contributed by atoms with Crippen molar-refractivity contribution in [1.82, 2.24) is 4.98 Å². The zero-order valence-corrected chi connectivity index (χ0v) is 30.5. The monoisotopic (exact) mass is 802 g/mol. The maximum Gasteiger partial charge on any atom is 0.298 e. The van der Waals surface area contributed by atoms with E-state index in [2.05, 4.69) is 10.3 Å². The molecule has 1 aromatic heterocycles. The molecule has 15 nitrogen and oxygen atoms in total. The van der Waals surface area contributed by atoms with Gasteiger partial charge in [0, 0.05) is 28.1 Å². The molecule has 0 saturated heterocycles. The maximum atomic E-state index is 14.5. The number of nitrogens with one attached hydrogen (secondary N) is 2. The highest BCUT2D eigenvalue weighted by Gasteiger charge is 2.35. The number of benzene rings is 5. The average molecular weight is 803 g/mol. The van der Waals surface area contributed by atoms with Crippen molar-refractivity contribution in [2.75, 3.05) is 5.32 Å². The minimum Gasteiger partial charge on any atom is -0.454 e. The minimum atomic E-state index is -5.24. The van der Waals surface area contributed by atoms with Crippen LogP contribution in [0.3, 0.4) is 0 Å². The molecule has 0 saturated carbocycles. The molecule has 55 heavy (non-hydrogen) atoms. The fourth-order valence-electron chi connectivity index (χ4n) is 6.42. The number of aromatic nitrogens is 1. The van der Waals surface area contributed by atoms with Gasteiger partial charge in [-0.1, -0.05) is 67.6 Å². The summed E-state index contributed by atoms with van der Waals surface area (Å²) in [6.45, 7) is 1.74. The molecule has 0 unspecified atom stereocenters. The van der Waals surface area contributed by atoms with Crippen molar-refractivity contribution < 1.29 is 53.2 Å². The van der Waals surface area contributed by atoms with E-state index in [-0.39, 0.29) is 55.7 Å². The summed E-state index contributed by atoms with van der Waals surface area (Å²) in [4.78, 5) is 42.7. The van der Waals surface area contributed by atoms with Crippen molar-refractivity contribution in [3.8, 4) is 22.6 Å². The lowest BCUT2D eigenvalue weighted by Crippen LogP contribution is -2.24. The predicted octanol–water partition coefficient (Wildman–Crippen LogP) is 5.81. The van der Waals surface area contributed by atoms with Crippen LogP contribution in [0.5, 0.6) is 11.5 Å². The van der Waals surface area contributed by atoms with Crippen molar-refractivity contribution in [3.63, 3.8) is 0 Å². The van der Waals surface area contributed by atoms with Gasteiger partial charge in [0.1, 0.15) is 15.5 Å². The Morgan fingerprint density at radius 1 is 0.691 bits per heavy atom. The molecule has 0 bridgehead atoms. The van der Waals surface area contributed by atoms with Gasteiger partial charge in [0.15, 0.2) is 17.3 Å². The van der Waals surface area contributed by atoms with Crippen molar-refractivity contribution >= 4 is 64.2 Å². The van der Waals surface area contributed by atoms with Crippen LogP contribution in [0, 0.1) is 0 Å². The molecule has 7 rings (SSSR count). The third-order valence-corrected chi connectivity index (χ3v) is 11.5. The zero-order chi connectivity index (χ0) is 39.6. The number of carbonyl (C=O) groups excluding carboxylic acids is 2. The van der Waals surface area contributed by atoms with Crippen LogP contribution in [0.1, 0.15) is 44.3 Å². The van der Waals surface area contributed by atoms with Crippen LogP contribution in [-0.2, 0) is 36.8 Å². The molecule has 1 aliphatic carbocycles. The highest BCUT2D eigenvalue weighted by atomic mass is 32.2. The molecule has 18 heteroatoms. The molecule has 1 heterocycles. The van der Waals surface area contributed by atoms with Crippen molar-refractivity contribution in [2.24, 2.45) is 0 Å². The molecule has 5 aromatic carbocycles. The Morgan fingerprint density at radius 2 is 1.35 bits per heavy atom. The van der Waals surface area contributed by atoms with Crippen LogP contribution in [0.2, 0.25) is 0 Å². The Labute approximate surface area is 312 Å². The molecule has 0 fully saturated rings. The van der Waals surface area contributed by atoms with Crippen LogP contribution < -0.4 is 15.6 Å². The first kappa shape index (κ1) is 37.3. The van der Waals surface area contributed by atoms with Crippen molar-refractivity contribution in [3.05, 3.63) is 135 Å². The first-order valence-electron chi connectivity index (χ1n) is 16.0. The van der Waals surface area contributed by atoms with Gasteiger partial charge in [0.2, 0.25) is 0 Å². The Balaban J connectivity index is 1.61. The quantitative estimate of drug-likeness (QED) is 0.0809. The van der Waals surface area contributed by atoms with E-state index in [1.54, 1.807) is 31.2 Å². The first-order valence-corrected chi connectivity index (χ1v) is 20.4. The Hall–Kier alpha value is -6.02. The van der Waals surface area contributed by atoms with Gasteiger partial charge < -0.3 is 15.0 Å². The largest absolute Gasteiger partial charge is 0.454 e. The van der Waals surface area contributed by atoms with Crippen LogP contribution in [0.25, 0.3) is 22.0 Å². The lowest BCUT2D eigenvalue weighted by Gasteiger charge is -2.26. The van der Waals surface area contributed by atoms with Crippen LogP contribution in [0.4, 0.5) is 11.4 Å². The molecule has 280 valence electrons. The Kier molecular flexibility index (Phi) is 9.07. The topological polar surface area (TPSA) is 251 Å². The lowest BCUT2D eigenvalue weighted by molar-refractivity contribution is 0.102. The van der Waals surface area contributed by atoms with Crippen molar-refractivity contribution in [1.29, 1.82) is 0 Å². The van der Waals surface area contributed by atoms with E-state index in [0.29, 0.717) is 18.1 Å². The van der Waals surface area contributed by atoms with Crippen molar-refractivity contribution in [2.45, 2.75) is 28.0 Å². The average Bonchev–Trinajstić information content (AvgIpc) is 3.13. The second-order valence-electron chi connectivity index (χ2n) is 12.3. The summed E-state index contributed by atoms with van der Waals surface area (Å²) in [5.74, 6) is -2.21. The molecule has 0 spiro atoms. The number of ketones is 2. The summed E-state index contributed by atoms with van der Waals surface area (Å²) in [7, 11) is -15.1. The van der Waals surface area contributed by atoms with Gasteiger partial charge in [-0.15, -0.1) is 0 Å². The maximum absolute atomic E-state index is 14.5. The molecule has 0 amide bonds. The number of fused-ring (bicyclic) bond motifs is 2. The van der Waals surface area contributed by atoms with Gasteiger partial charge >= 0.3 is 0 Å². The van der Waals surface area contributed by atoms with Gasteiger partial charge in [-0.2, -0.15) is 25.3 Å². The number of aromatic amines is 1. The van der Waals surface area contributed by atoms with Gasteiger partial charge in [0.05, 0.1) is 32.9 Å². The smallest absolute Gasteiger partial charge is 0.298 e. The second kappa shape index (κ2) is 13.4. The molecule has 5 N–H and O–H groups in total. The predicted molar refractivity (Wildman–Crippen MR) is 198 cm³/mol. The summed E-state index contributed by atoms with van der Waals surface area (Å²) in [5.41, 5.74) is -1.73. The van der Waals surface area contributed by atoms with E-state index in [1.807, 2.05) is 0 Å². The number of hydrogen-bond acceptors (Lipinski definition) is 11. The summed E-state index contributed by atoms with van der Waals surface area (Å²) in [6.07, 6.45) is 0.372. The molecule has 1 aliphatic rings. The van der Waals surface area contributed by atoms with Crippen LogP contribution in [-0.4, -0.2) is 55.5 Å². The summed E-state index contributed by atoms with van der Waals surface area (Å²) in [5, 5.41) is 2.62. The standard InChI is InChI=1S/C37H26N2O13S3/c1-2-19-12-15-26(29(16-19)55(49,50)51)52-27-18-25(38-24-14-13-21(53(43,44)45)17-28(24)54(46,47)48)31-32-30(22-10-6-7-11-23(22)36(31)41)33(37(42)39-34(27)32)35(40)20-8-4-3-5-9-20/h3-18,38H,2H2,1H3,(H,39,42)(H,43,44,45)(H,46,47,48)(H,49,50,51). The SMILES string of the molecule is CCc1ccc(Oc2cc(Nc3ccc(S(=O)(=O)O)cc3S(=O)(=O)O)c3c4c(c(C(=O)c5ccccc5)c(=O)[nH]c24)-c2ccccc2C3=O)c(S(=O)(=O)O)c1. The van der Waals surface area contributed by atoms with Gasteiger partial charge in [-0.25, -0.2) is 0 Å². The van der Waals surface area contributed by atoms with Crippen LogP contribution >= 0.6 is 0 Å². The third kappa shape index (κ3) is 6.71. The number of H-pyrrole nitrogens is 1. The number of ether oxygens (including phenoxy) is 1. The highest BCUT2D eigenvalue weighted by molar-refractivity contribution is 7.87. The van der Waals surface area contributed by atoms with Gasteiger partial charge in [-0.05, 0) is 47.9 Å². The third-order valence-electron chi connectivity index (χ3n) is 8.90. The summed E-state index contributed by atoms with van der Waals surface area (Å²) in [6, 6.07) is 21.1. The van der Waals surface area contributed by atoms with Crippen LogP contribution in [0.15, 0.2) is 117 Å². The number of aryl methyl sites for hydroxylation is 1. The molecular weight excluding hydrogens is 777 g/mol. The highest BCUT2D eigenvalue weighted by Crippen LogP contribution is 2.48. The number of hydrogen-bond donors (Lipinski definition) is 5. The number of pyridine rings is 1. The fraction of sp³-hybridized carbons (Fsp3) is 0.0541. The number of rotatable bonds is 10. The van der Waals surface area contributed by atoms with E-state index in [9.17, 15) is 53.3 Å².